The highest BCUT2D eigenvalue weighted by Crippen LogP contribution is 2.32. The minimum absolute atomic E-state index is 0.0155. The number of sulfonamides is 1. The molecule has 0 radical (unpaired) electrons. The van der Waals surface area contributed by atoms with Gasteiger partial charge in [0.2, 0.25) is 5.91 Å². The number of carbonyl (C=O) groups excluding carboxylic acids is 1. The van der Waals surface area contributed by atoms with Crippen molar-refractivity contribution in [3.05, 3.63) is 78.1 Å². The second kappa shape index (κ2) is 11.1. The maximum absolute atomic E-state index is 14.1. The SMILES string of the molecule is COc1ccc(N(CC(=O)N(C)Cc2ccccc2F)S(=O)(=O)c2ccc(OC)c(OC)c2)cc1. The lowest BCUT2D eigenvalue weighted by molar-refractivity contribution is -0.128. The van der Waals surface area contributed by atoms with Crippen LogP contribution >= 0.6 is 0 Å². The third kappa shape index (κ3) is 5.83. The lowest BCUT2D eigenvalue weighted by Gasteiger charge is -2.27. The number of carbonyl (C=O) groups is 1. The number of methoxy groups -OCH3 is 3. The summed E-state index contributed by atoms with van der Waals surface area (Å²) in [5.74, 6) is 0.153. The summed E-state index contributed by atoms with van der Waals surface area (Å²) in [5.41, 5.74) is 0.579. The second-order valence-electron chi connectivity index (χ2n) is 7.57. The fraction of sp³-hybridized carbons (Fsp3) is 0.240. The molecule has 3 rings (SSSR count). The Morgan fingerprint density at radius 2 is 1.54 bits per heavy atom. The number of benzene rings is 3. The molecule has 0 aromatic heterocycles. The third-order valence-corrected chi connectivity index (χ3v) is 7.14. The minimum Gasteiger partial charge on any atom is -0.497 e. The molecule has 186 valence electrons. The molecule has 0 saturated heterocycles. The molecule has 3 aromatic carbocycles. The van der Waals surface area contributed by atoms with Crippen molar-refractivity contribution in [2.24, 2.45) is 0 Å². The summed E-state index contributed by atoms with van der Waals surface area (Å²) in [5, 5.41) is 0. The smallest absolute Gasteiger partial charge is 0.264 e. The van der Waals surface area contributed by atoms with Gasteiger partial charge in [-0.2, -0.15) is 0 Å². The van der Waals surface area contributed by atoms with Crippen LogP contribution in [0, 0.1) is 5.82 Å². The molecule has 0 aliphatic rings. The predicted molar refractivity (Wildman–Crippen MR) is 130 cm³/mol. The molecule has 0 unspecified atom stereocenters. The number of ether oxygens (including phenoxy) is 3. The zero-order valence-electron chi connectivity index (χ0n) is 19.9. The van der Waals surface area contributed by atoms with E-state index in [1.54, 1.807) is 42.5 Å². The Morgan fingerprint density at radius 1 is 0.886 bits per heavy atom. The van der Waals surface area contributed by atoms with Crippen molar-refractivity contribution in [2.45, 2.75) is 11.4 Å². The van der Waals surface area contributed by atoms with Gasteiger partial charge < -0.3 is 19.1 Å². The van der Waals surface area contributed by atoms with E-state index in [1.807, 2.05) is 0 Å². The first-order valence-electron chi connectivity index (χ1n) is 10.6. The number of halogens is 1. The van der Waals surface area contributed by atoms with Gasteiger partial charge in [-0.15, -0.1) is 0 Å². The quantitative estimate of drug-likeness (QED) is 0.420. The fourth-order valence-electron chi connectivity index (χ4n) is 3.38. The normalized spacial score (nSPS) is 11.0. The number of likely N-dealkylation sites (N-methyl/N-ethyl adjacent to an activating group) is 1. The van der Waals surface area contributed by atoms with Gasteiger partial charge in [-0.1, -0.05) is 18.2 Å². The van der Waals surface area contributed by atoms with Crippen LogP contribution in [-0.2, 0) is 21.4 Å². The predicted octanol–water partition coefficient (Wildman–Crippen LogP) is 3.71. The topological polar surface area (TPSA) is 85.4 Å². The van der Waals surface area contributed by atoms with Crippen LogP contribution in [-0.4, -0.2) is 54.1 Å². The summed E-state index contributed by atoms with van der Waals surface area (Å²) < 4.78 is 58.1. The van der Waals surface area contributed by atoms with Gasteiger partial charge in [0.15, 0.2) is 11.5 Å². The summed E-state index contributed by atoms with van der Waals surface area (Å²) in [6, 6.07) is 16.6. The van der Waals surface area contributed by atoms with Crippen molar-refractivity contribution in [1.29, 1.82) is 0 Å². The Hall–Kier alpha value is -3.79. The van der Waals surface area contributed by atoms with Gasteiger partial charge in [-0.25, -0.2) is 12.8 Å². The highest BCUT2D eigenvalue weighted by atomic mass is 32.2. The summed E-state index contributed by atoms with van der Waals surface area (Å²) in [7, 11) is 1.62. The Bertz CT molecular complexity index is 1280. The molecule has 10 heteroatoms. The molecule has 3 aromatic rings. The van der Waals surface area contributed by atoms with Crippen molar-refractivity contribution in [3.8, 4) is 17.2 Å². The van der Waals surface area contributed by atoms with Crippen LogP contribution in [0.5, 0.6) is 17.2 Å². The number of hydrogen-bond acceptors (Lipinski definition) is 6. The van der Waals surface area contributed by atoms with Crippen LogP contribution in [0.2, 0.25) is 0 Å². The summed E-state index contributed by atoms with van der Waals surface area (Å²) in [6.45, 7) is -0.522. The molecule has 0 saturated carbocycles. The van der Waals surface area contributed by atoms with Crippen molar-refractivity contribution in [3.63, 3.8) is 0 Å². The molecule has 0 fully saturated rings. The van der Waals surface area contributed by atoms with E-state index in [0.717, 1.165) is 4.31 Å². The molecule has 0 spiro atoms. The van der Waals surface area contributed by atoms with Crippen LogP contribution in [0.25, 0.3) is 0 Å². The van der Waals surface area contributed by atoms with E-state index < -0.39 is 28.3 Å². The van der Waals surface area contributed by atoms with E-state index in [-0.39, 0.29) is 22.9 Å². The van der Waals surface area contributed by atoms with E-state index in [4.69, 9.17) is 14.2 Å². The second-order valence-corrected chi connectivity index (χ2v) is 9.43. The van der Waals surface area contributed by atoms with E-state index in [9.17, 15) is 17.6 Å². The largest absolute Gasteiger partial charge is 0.497 e. The van der Waals surface area contributed by atoms with Gasteiger partial charge in [-0.3, -0.25) is 9.10 Å². The average molecular weight is 503 g/mol. The average Bonchev–Trinajstić information content (AvgIpc) is 2.87. The highest BCUT2D eigenvalue weighted by Gasteiger charge is 2.29. The lowest BCUT2D eigenvalue weighted by Crippen LogP contribution is -2.41. The molecular weight excluding hydrogens is 475 g/mol. The lowest BCUT2D eigenvalue weighted by atomic mass is 10.2. The molecule has 35 heavy (non-hydrogen) atoms. The maximum Gasteiger partial charge on any atom is 0.264 e. The molecular formula is C25H27FN2O6S. The van der Waals surface area contributed by atoms with Crippen molar-refractivity contribution < 1.29 is 31.8 Å². The Morgan fingerprint density at radius 3 is 2.14 bits per heavy atom. The van der Waals surface area contributed by atoms with Gasteiger partial charge in [-0.05, 0) is 42.5 Å². The summed E-state index contributed by atoms with van der Waals surface area (Å²) in [6.07, 6.45) is 0. The number of rotatable bonds is 10. The zero-order chi connectivity index (χ0) is 25.6. The standard InChI is InChI=1S/C25H27FN2O6S/c1-27(16-18-7-5-6-8-22(18)26)25(29)17-28(19-9-11-20(32-2)12-10-19)35(30,31)21-13-14-23(33-3)24(15-21)34-4/h5-15H,16-17H2,1-4H3. The maximum atomic E-state index is 14.1. The van der Waals surface area contributed by atoms with Gasteiger partial charge in [0.05, 0.1) is 31.9 Å². The fourth-order valence-corrected chi connectivity index (χ4v) is 4.81. The first-order chi connectivity index (χ1) is 16.7. The molecule has 8 nitrogen and oxygen atoms in total. The van der Waals surface area contributed by atoms with Crippen molar-refractivity contribution >= 4 is 21.6 Å². The van der Waals surface area contributed by atoms with Crippen LogP contribution in [0.15, 0.2) is 71.6 Å². The van der Waals surface area contributed by atoms with Crippen molar-refractivity contribution in [1.82, 2.24) is 4.90 Å². The number of anilines is 1. The number of amides is 1. The molecule has 0 aliphatic heterocycles. The van der Waals surface area contributed by atoms with Crippen LogP contribution in [0.3, 0.4) is 0 Å². The van der Waals surface area contributed by atoms with Crippen LogP contribution < -0.4 is 18.5 Å². The molecule has 0 N–H and O–H groups in total. The minimum atomic E-state index is -4.21. The van der Waals surface area contributed by atoms with E-state index in [2.05, 4.69) is 0 Å². The molecule has 0 aliphatic carbocycles. The van der Waals surface area contributed by atoms with Crippen LogP contribution in [0.4, 0.5) is 10.1 Å². The number of nitrogens with zero attached hydrogens (tertiary/aromatic N) is 2. The first kappa shape index (κ1) is 25.8. The monoisotopic (exact) mass is 502 g/mol. The molecule has 0 bridgehead atoms. The Kier molecular flexibility index (Phi) is 8.18. The summed E-state index contributed by atoms with van der Waals surface area (Å²) >= 11 is 0. The van der Waals surface area contributed by atoms with E-state index in [1.165, 1.54) is 57.5 Å². The molecule has 1 amide bonds. The van der Waals surface area contributed by atoms with E-state index in [0.29, 0.717) is 17.1 Å². The van der Waals surface area contributed by atoms with Crippen molar-refractivity contribution in [2.75, 3.05) is 39.2 Å². The molecule has 0 atom stereocenters. The Balaban J connectivity index is 1.97. The van der Waals surface area contributed by atoms with Gasteiger partial charge in [0.1, 0.15) is 18.1 Å². The zero-order valence-corrected chi connectivity index (χ0v) is 20.7. The Labute approximate surface area is 204 Å². The van der Waals surface area contributed by atoms with E-state index >= 15 is 0 Å². The third-order valence-electron chi connectivity index (χ3n) is 5.37. The van der Waals surface area contributed by atoms with Gasteiger partial charge >= 0.3 is 0 Å². The number of hydrogen-bond donors (Lipinski definition) is 0. The summed E-state index contributed by atoms with van der Waals surface area (Å²) in [4.78, 5) is 14.3. The van der Waals surface area contributed by atoms with Gasteiger partial charge in [0, 0.05) is 25.2 Å². The highest BCUT2D eigenvalue weighted by molar-refractivity contribution is 7.92. The van der Waals surface area contributed by atoms with Crippen LogP contribution in [0.1, 0.15) is 5.56 Å². The first-order valence-corrected chi connectivity index (χ1v) is 12.0. The molecule has 0 heterocycles. The van der Waals surface area contributed by atoms with Gasteiger partial charge in [0.25, 0.3) is 10.0 Å².